The number of hydrogen-bond donors (Lipinski definition) is 2. The van der Waals surface area contributed by atoms with Crippen LogP contribution in [0.2, 0.25) is 0 Å². The van der Waals surface area contributed by atoms with Crippen LogP contribution in [0.3, 0.4) is 0 Å². The number of fused-ring (bicyclic) bond motifs is 3. The van der Waals surface area contributed by atoms with Crippen molar-refractivity contribution in [3.05, 3.63) is 75.2 Å². The summed E-state index contributed by atoms with van der Waals surface area (Å²) >= 11 is 0. The second-order valence-corrected chi connectivity index (χ2v) is 5.97. The van der Waals surface area contributed by atoms with Crippen LogP contribution in [0.1, 0.15) is 22.6 Å². The minimum absolute atomic E-state index is 0.0636. The Bertz CT molecular complexity index is 1170. The van der Waals surface area contributed by atoms with E-state index in [-0.39, 0.29) is 28.5 Å². The number of aryl methyl sites for hydroxylation is 1. The molecule has 0 spiro atoms. The smallest absolute Gasteiger partial charge is 0.336 e. The first-order valence-corrected chi connectivity index (χ1v) is 7.79. The van der Waals surface area contributed by atoms with Crippen molar-refractivity contribution in [2.75, 3.05) is 0 Å². The van der Waals surface area contributed by atoms with E-state index >= 15 is 0 Å². The highest BCUT2D eigenvalue weighted by molar-refractivity contribution is 5.91. The Morgan fingerprint density at radius 1 is 1.38 bits per heavy atom. The molecule has 7 heteroatoms. The van der Waals surface area contributed by atoms with Crippen LogP contribution in [-0.2, 0) is 0 Å². The Morgan fingerprint density at radius 3 is 2.88 bits per heavy atom. The van der Waals surface area contributed by atoms with E-state index < -0.39 is 11.5 Å². The van der Waals surface area contributed by atoms with Gasteiger partial charge in [0.25, 0.3) is 0 Å². The molecule has 128 valence electrons. The summed E-state index contributed by atoms with van der Waals surface area (Å²) in [5.74, 6) is -0.596. The molecular formula is C19H13N3O4. The Balaban J connectivity index is 2.13. The van der Waals surface area contributed by atoms with Gasteiger partial charge in [-0.15, -0.1) is 0 Å². The summed E-state index contributed by atoms with van der Waals surface area (Å²) in [5.41, 5.74) is 7.50. The zero-order valence-corrected chi connectivity index (χ0v) is 13.7. The topological polar surface area (TPSA) is 122 Å². The lowest BCUT2D eigenvalue weighted by Crippen LogP contribution is -2.21. The molecule has 3 heterocycles. The Kier molecular flexibility index (Phi) is 3.41. The van der Waals surface area contributed by atoms with Gasteiger partial charge in [-0.1, -0.05) is 6.07 Å². The molecule has 0 bridgehead atoms. The van der Waals surface area contributed by atoms with Crippen molar-refractivity contribution in [2.45, 2.75) is 12.8 Å². The van der Waals surface area contributed by atoms with Gasteiger partial charge in [0.15, 0.2) is 0 Å². The van der Waals surface area contributed by atoms with Crippen LogP contribution in [0.5, 0.6) is 11.5 Å². The van der Waals surface area contributed by atoms with E-state index in [2.05, 4.69) is 11.1 Å². The number of benzene rings is 1. The molecule has 3 N–H and O–H groups in total. The largest absolute Gasteiger partial charge is 0.507 e. The lowest BCUT2D eigenvalue weighted by atomic mass is 9.82. The number of nitriles is 1. The number of nitrogens with two attached hydrogens (primary N) is 1. The summed E-state index contributed by atoms with van der Waals surface area (Å²) in [6, 6.07) is 8.27. The van der Waals surface area contributed by atoms with Crippen molar-refractivity contribution in [3.63, 3.8) is 0 Å². The van der Waals surface area contributed by atoms with Crippen LogP contribution >= 0.6 is 0 Å². The molecule has 1 atom stereocenters. The summed E-state index contributed by atoms with van der Waals surface area (Å²) in [7, 11) is 0. The molecule has 1 unspecified atom stereocenters. The van der Waals surface area contributed by atoms with Crippen molar-refractivity contribution >= 4 is 11.0 Å². The lowest BCUT2D eigenvalue weighted by molar-refractivity contribution is 0.385. The van der Waals surface area contributed by atoms with Crippen LogP contribution < -0.4 is 16.1 Å². The van der Waals surface area contributed by atoms with E-state index in [9.17, 15) is 15.2 Å². The molecule has 1 aromatic carbocycles. The van der Waals surface area contributed by atoms with Gasteiger partial charge in [-0.2, -0.15) is 5.26 Å². The van der Waals surface area contributed by atoms with Gasteiger partial charge in [-0.3, -0.25) is 4.98 Å². The molecule has 0 saturated heterocycles. The molecule has 2 aromatic heterocycles. The highest BCUT2D eigenvalue weighted by atomic mass is 16.5. The van der Waals surface area contributed by atoms with Crippen LogP contribution in [0.25, 0.3) is 11.0 Å². The zero-order valence-electron chi connectivity index (χ0n) is 13.7. The maximum absolute atomic E-state index is 11.7. The molecule has 1 aliphatic rings. The van der Waals surface area contributed by atoms with Crippen molar-refractivity contribution in [2.24, 2.45) is 5.73 Å². The number of allylic oxidation sites excluding steroid dienone is 1. The molecule has 0 saturated carbocycles. The van der Waals surface area contributed by atoms with Gasteiger partial charge in [0.1, 0.15) is 28.7 Å². The predicted octanol–water partition coefficient (Wildman–Crippen LogP) is 2.42. The molecule has 0 amide bonds. The number of phenolic OH excluding ortho intramolecular Hbond substituents is 1. The van der Waals surface area contributed by atoms with Gasteiger partial charge in [-0.25, -0.2) is 4.79 Å². The Hall–Kier alpha value is -3.79. The van der Waals surface area contributed by atoms with Crippen LogP contribution in [0.15, 0.2) is 57.3 Å². The fourth-order valence-electron chi connectivity index (χ4n) is 3.31. The highest BCUT2D eigenvalue weighted by Gasteiger charge is 2.35. The van der Waals surface area contributed by atoms with E-state index in [0.717, 1.165) is 0 Å². The quantitative estimate of drug-likeness (QED) is 0.648. The molecule has 0 fully saturated rings. The highest BCUT2D eigenvalue weighted by Crippen LogP contribution is 2.49. The first-order chi connectivity index (χ1) is 12.5. The van der Waals surface area contributed by atoms with Gasteiger partial charge in [-0.05, 0) is 24.1 Å². The summed E-state index contributed by atoms with van der Waals surface area (Å²) in [5, 5.41) is 20.7. The van der Waals surface area contributed by atoms with Crippen molar-refractivity contribution in [1.82, 2.24) is 4.98 Å². The van der Waals surface area contributed by atoms with E-state index in [1.807, 2.05) is 0 Å². The fraction of sp³-hybridized carbons (Fsp3) is 0.105. The third-order valence-electron chi connectivity index (χ3n) is 4.39. The molecule has 26 heavy (non-hydrogen) atoms. The van der Waals surface area contributed by atoms with Crippen molar-refractivity contribution in [3.8, 4) is 17.6 Å². The third-order valence-corrected chi connectivity index (χ3v) is 4.39. The van der Waals surface area contributed by atoms with Gasteiger partial charge in [0, 0.05) is 24.5 Å². The average molecular weight is 347 g/mol. The van der Waals surface area contributed by atoms with E-state index in [1.54, 1.807) is 31.5 Å². The van der Waals surface area contributed by atoms with Gasteiger partial charge >= 0.3 is 5.63 Å². The molecule has 4 rings (SSSR count). The number of aromatic nitrogens is 1. The molecule has 7 nitrogen and oxygen atoms in total. The number of phenols is 1. The third kappa shape index (κ3) is 2.20. The second kappa shape index (κ2) is 5.63. The van der Waals surface area contributed by atoms with E-state index in [1.165, 1.54) is 12.1 Å². The van der Waals surface area contributed by atoms with E-state index in [4.69, 9.17) is 14.9 Å². The van der Waals surface area contributed by atoms with Crippen LogP contribution in [0, 0.1) is 18.3 Å². The lowest BCUT2D eigenvalue weighted by Gasteiger charge is -2.28. The monoisotopic (exact) mass is 347 g/mol. The number of aromatic hydroxyl groups is 1. The Morgan fingerprint density at radius 2 is 2.19 bits per heavy atom. The molecule has 3 aromatic rings. The number of pyridine rings is 1. The van der Waals surface area contributed by atoms with Crippen LogP contribution in [-0.4, -0.2) is 10.1 Å². The minimum Gasteiger partial charge on any atom is -0.507 e. The van der Waals surface area contributed by atoms with Gasteiger partial charge in [0.05, 0.1) is 16.9 Å². The molecule has 0 aliphatic carbocycles. The maximum Gasteiger partial charge on any atom is 0.336 e. The molecule has 0 radical (unpaired) electrons. The van der Waals surface area contributed by atoms with Crippen molar-refractivity contribution in [1.29, 1.82) is 5.26 Å². The van der Waals surface area contributed by atoms with Crippen LogP contribution in [0.4, 0.5) is 0 Å². The molecule has 1 aliphatic heterocycles. The second-order valence-electron chi connectivity index (χ2n) is 5.97. The number of ether oxygens (including phenoxy) is 1. The summed E-state index contributed by atoms with van der Waals surface area (Å²) < 4.78 is 10.9. The SMILES string of the molecule is Cc1cc(=O)oc2cc(O)c3c(c12)OC(N)=C(C#N)C3c1cccnc1. The number of rotatable bonds is 1. The van der Waals surface area contributed by atoms with Gasteiger partial charge < -0.3 is 20.0 Å². The first kappa shape index (κ1) is 15.7. The number of hydrogen-bond acceptors (Lipinski definition) is 7. The van der Waals surface area contributed by atoms with Gasteiger partial charge in [0.2, 0.25) is 5.88 Å². The Labute approximate surface area is 147 Å². The molecular weight excluding hydrogens is 334 g/mol. The van der Waals surface area contributed by atoms with Crippen molar-refractivity contribution < 1.29 is 14.3 Å². The fourth-order valence-corrected chi connectivity index (χ4v) is 3.31. The van der Waals surface area contributed by atoms with E-state index in [0.29, 0.717) is 22.1 Å². The standard InChI is InChI=1S/C19H13N3O4/c1-9-5-14(24)25-13-6-12(23)17-16(10-3-2-4-22-8-10)11(7-20)19(21)26-18(17)15(9)13/h2-6,8,16,23H,21H2,1H3. The zero-order chi connectivity index (χ0) is 18.4. The average Bonchev–Trinajstić information content (AvgIpc) is 2.60. The summed E-state index contributed by atoms with van der Waals surface area (Å²) in [6.45, 7) is 1.73. The maximum atomic E-state index is 11.7. The summed E-state index contributed by atoms with van der Waals surface area (Å²) in [6.07, 6.45) is 3.22. The number of nitrogens with zero attached hydrogens (tertiary/aromatic N) is 2. The normalized spacial score (nSPS) is 16.1. The minimum atomic E-state index is -0.645. The summed E-state index contributed by atoms with van der Waals surface area (Å²) in [4.78, 5) is 15.8. The first-order valence-electron chi connectivity index (χ1n) is 7.79. The predicted molar refractivity (Wildman–Crippen MR) is 92.4 cm³/mol.